The Kier molecular flexibility index (Phi) is 4.99. The molecule has 0 bridgehead atoms. The van der Waals surface area contributed by atoms with Crippen molar-refractivity contribution in [3.8, 4) is 0 Å². The summed E-state index contributed by atoms with van der Waals surface area (Å²) in [5.74, 6) is 0.194. The number of hydrogen-bond acceptors (Lipinski definition) is 3. The van der Waals surface area contributed by atoms with E-state index in [2.05, 4.69) is 16.0 Å². The van der Waals surface area contributed by atoms with E-state index in [-0.39, 0.29) is 17.9 Å². The van der Waals surface area contributed by atoms with E-state index in [0.29, 0.717) is 19.0 Å². The molecule has 2 rings (SSSR count). The third-order valence-corrected chi connectivity index (χ3v) is 3.45. The molecule has 2 amide bonds. The molecule has 0 aromatic carbocycles. The van der Waals surface area contributed by atoms with Crippen molar-refractivity contribution in [1.29, 1.82) is 0 Å². The Labute approximate surface area is 108 Å². The van der Waals surface area contributed by atoms with Gasteiger partial charge in [0.1, 0.15) is 0 Å². The highest BCUT2D eigenvalue weighted by Crippen LogP contribution is 2.18. The van der Waals surface area contributed by atoms with Gasteiger partial charge in [-0.2, -0.15) is 0 Å². The Hall–Kier alpha value is -1.10. The monoisotopic (exact) mass is 253 g/mol. The van der Waals surface area contributed by atoms with Gasteiger partial charge in [0, 0.05) is 19.0 Å². The molecule has 5 nitrogen and oxygen atoms in total. The van der Waals surface area contributed by atoms with E-state index < -0.39 is 0 Å². The lowest BCUT2D eigenvalue weighted by atomic mass is 10.0. The van der Waals surface area contributed by atoms with Crippen LogP contribution in [0.25, 0.3) is 0 Å². The van der Waals surface area contributed by atoms with Crippen LogP contribution in [0.4, 0.5) is 0 Å². The molecule has 1 saturated carbocycles. The summed E-state index contributed by atoms with van der Waals surface area (Å²) < 4.78 is 0. The molecule has 2 aliphatic rings. The summed E-state index contributed by atoms with van der Waals surface area (Å²) in [4.78, 5) is 23.2. The van der Waals surface area contributed by atoms with Gasteiger partial charge in [-0.05, 0) is 38.6 Å². The second kappa shape index (κ2) is 6.73. The highest BCUT2D eigenvalue weighted by molar-refractivity contribution is 5.82. The maximum Gasteiger partial charge on any atom is 0.237 e. The van der Waals surface area contributed by atoms with E-state index in [1.165, 1.54) is 0 Å². The van der Waals surface area contributed by atoms with Gasteiger partial charge < -0.3 is 16.0 Å². The topological polar surface area (TPSA) is 70.2 Å². The summed E-state index contributed by atoms with van der Waals surface area (Å²) in [6.45, 7) is 1.52. The Morgan fingerprint density at radius 2 is 2.00 bits per heavy atom. The van der Waals surface area contributed by atoms with Gasteiger partial charge in [0.15, 0.2) is 0 Å². The summed E-state index contributed by atoms with van der Waals surface area (Å²) in [7, 11) is 0. The van der Waals surface area contributed by atoms with Crippen LogP contribution in [0.3, 0.4) is 0 Å². The molecule has 3 N–H and O–H groups in total. The maximum atomic E-state index is 11.8. The van der Waals surface area contributed by atoms with Gasteiger partial charge in [0.05, 0.1) is 6.04 Å². The van der Waals surface area contributed by atoms with Crippen molar-refractivity contribution in [3.63, 3.8) is 0 Å². The number of nitrogens with one attached hydrogen (secondary N) is 3. The van der Waals surface area contributed by atoms with Gasteiger partial charge in [-0.25, -0.2) is 0 Å². The molecule has 0 radical (unpaired) electrons. The predicted octanol–water partition coefficient (Wildman–Crippen LogP) is 0.304. The van der Waals surface area contributed by atoms with E-state index in [1.807, 2.05) is 0 Å². The zero-order valence-electron chi connectivity index (χ0n) is 10.8. The number of carbonyl (C=O) groups excluding carboxylic acids is 2. The maximum absolute atomic E-state index is 11.8. The van der Waals surface area contributed by atoms with E-state index in [4.69, 9.17) is 0 Å². The molecule has 1 saturated heterocycles. The zero-order valence-corrected chi connectivity index (χ0v) is 10.8. The summed E-state index contributed by atoms with van der Waals surface area (Å²) in [5, 5.41) is 9.05. The number of amides is 2. The molecule has 1 aliphatic heterocycles. The van der Waals surface area contributed by atoms with E-state index in [1.54, 1.807) is 0 Å². The molecule has 1 unspecified atom stereocenters. The minimum atomic E-state index is -0.0287. The average Bonchev–Trinajstić information content (AvgIpc) is 3.19. The highest BCUT2D eigenvalue weighted by Gasteiger charge is 2.23. The summed E-state index contributed by atoms with van der Waals surface area (Å²) >= 11 is 0. The molecular formula is C13H23N3O2. The van der Waals surface area contributed by atoms with Crippen LogP contribution in [0, 0.1) is 0 Å². The van der Waals surface area contributed by atoms with Crippen LogP contribution in [-0.2, 0) is 9.59 Å². The lowest BCUT2D eigenvalue weighted by Crippen LogP contribution is -2.46. The smallest absolute Gasteiger partial charge is 0.237 e. The zero-order chi connectivity index (χ0) is 12.8. The van der Waals surface area contributed by atoms with Crippen LogP contribution in [0.15, 0.2) is 0 Å². The third-order valence-electron chi connectivity index (χ3n) is 3.45. The quantitative estimate of drug-likeness (QED) is 0.596. The van der Waals surface area contributed by atoms with Crippen molar-refractivity contribution >= 4 is 11.8 Å². The first-order valence-corrected chi connectivity index (χ1v) is 7.06. The molecule has 0 aromatic heterocycles. The fraction of sp³-hybridized carbons (Fsp3) is 0.846. The highest BCUT2D eigenvalue weighted by atomic mass is 16.2. The van der Waals surface area contributed by atoms with Crippen LogP contribution in [0.2, 0.25) is 0 Å². The Morgan fingerprint density at radius 1 is 1.17 bits per heavy atom. The first-order valence-electron chi connectivity index (χ1n) is 7.06. The van der Waals surface area contributed by atoms with Crippen LogP contribution in [-0.4, -0.2) is 37.0 Å². The summed E-state index contributed by atoms with van der Waals surface area (Å²) in [6.07, 6.45) is 6.67. The van der Waals surface area contributed by atoms with Gasteiger partial charge in [-0.15, -0.1) is 0 Å². The standard InChI is InChI=1S/C13H23N3O2/c17-12(16-10-6-7-10)5-3-9-15-13(18)11-4-1-2-8-14-11/h10-11,14H,1-9H2,(H,15,18)(H,16,17). The molecular weight excluding hydrogens is 230 g/mol. The van der Waals surface area contributed by atoms with E-state index in [9.17, 15) is 9.59 Å². The van der Waals surface area contributed by atoms with Crippen molar-refractivity contribution in [2.24, 2.45) is 0 Å². The first-order chi connectivity index (χ1) is 8.75. The van der Waals surface area contributed by atoms with Crippen molar-refractivity contribution in [2.75, 3.05) is 13.1 Å². The SMILES string of the molecule is O=C(CCCNC(=O)C1CCCCN1)NC1CC1. The minimum Gasteiger partial charge on any atom is -0.355 e. The molecule has 0 aromatic rings. The van der Waals surface area contributed by atoms with Crippen LogP contribution < -0.4 is 16.0 Å². The van der Waals surface area contributed by atoms with Crippen molar-refractivity contribution < 1.29 is 9.59 Å². The van der Waals surface area contributed by atoms with E-state index >= 15 is 0 Å². The average molecular weight is 253 g/mol. The largest absolute Gasteiger partial charge is 0.355 e. The molecule has 5 heteroatoms. The van der Waals surface area contributed by atoms with Crippen LogP contribution in [0.1, 0.15) is 44.9 Å². The number of carbonyl (C=O) groups is 2. The lowest BCUT2D eigenvalue weighted by molar-refractivity contribution is -0.124. The second-order valence-corrected chi connectivity index (χ2v) is 5.24. The number of rotatable bonds is 6. The fourth-order valence-electron chi connectivity index (χ4n) is 2.19. The Balaban J connectivity index is 1.51. The van der Waals surface area contributed by atoms with Gasteiger partial charge in [-0.3, -0.25) is 9.59 Å². The Bertz CT molecular complexity index is 297. The molecule has 18 heavy (non-hydrogen) atoms. The normalized spacial score (nSPS) is 23.4. The number of hydrogen-bond donors (Lipinski definition) is 3. The molecule has 1 aliphatic carbocycles. The van der Waals surface area contributed by atoms with Crippen LogP contribution in [0.5, 0.6) is 0 Å². The summed E-state index contributed by atoms with van der Waals surface area (Å²) in [5.41, 5.74) is 0. The van der Waals surface area contributed by atoms with Gasteiger partial charge in [0.25, 0.3) is 0 Å². The van der Waals surface area contributed by atoms with E-state index in [0.717, 1.165) is 45.1 Å². The predicted molar refractivity (Wildman–Crippen MR) is 69.1 cm³/mol. The number of piperidine rings is 1. The molecule has 2 fully saturated rings. The van der Waals surface area contributed by atoms with Crippen molar-refractivity contribution in [1.82, 2.24) is 16.0 Å². The Morgan fingerprint density at radius 3 is 2.67 bits per heavy atom. The van der Waals surface area contributed by atoms with Gasteiger partial charge in [-0.1, -0.05) is 6.42 Å². The van der Waals surface area contributed by atoms with Gasteiger partial charge >= 0.3 is 0 Å². The molecule has 102 valence electrons. The lowest BCUT2D eigenvalue weighted by Gasteiger charge is -2.22. The third kappa shape index (κ3) is 4.64. The first kappa shape index (κ1) is 13.3. The minimum absolute atomic E-state index is 0.0287. The van der Waals surface area contributed by atoms with Crippen molar-refractivity contribution in [2.45, 2.75) is 57.0 Å². The van der Waals surface area contributed by atoms with Crippen LogP contribution >= 0.6 is 0 Å². The fourth-order valence-corrected chi connectivity index (χ4v) is 2.19. The molecule has 0 spiro atoms. The van der Waals surface area contributed by atoms with Crippen molar-refractivity contribution in [3.05, 3.63) is 0 Å². The summed E-state index contributed by atoms with van der Waals surface area (Å²) in [6, 6.07) is 0.401. The van der Waals surface area contributed by atoms with Gasteiger partial charge in [0.2, 0.25) is 11.8 Å². The molecule has 1 heterocycles. The molecule has 1 atom stereocenters. The second-order valence-electron chi connectivity index (χ2n) is 5.24.